The van der Waals surface area contributed by atoms with E-state index in [0.29, 0.717) is 29.1 Å². The first-order chi connectivity index (χ1) is 18.5. The van der Waals surface area contributed by atoms with Crippen LogP contribution < -0.4 is 0 Å². The fourth-order valence-electron chi connectivity index (χ4n) is 8.47. The van der Waals surface area contributed by atoms with E-state index in [9.17, 15) is 14.7 Å². The minimum Gasteiger partial charge on any atom is -0.427 e. The maximum absolute atomic E-state index is 13.7. The van der Waals surface area contributed by atoms with Gasteiger partial charge in [0.2, 0.25) is 0 Å². The number of esters is 2. The molecule has 7 rings (SSSR count). The lowest BCUT2D eigenvalue weighted by molar-refractivity contribution is -0.138. The van der Waals surface area contributed by atoms with Gasteiger partial charge in [0.05, 0.1) is 11.0 Å². The molecule has 5 heteroatoms. The average Bonchev–Trinajstić information content (AvgIpc) is 3.42. The number of carbonyl (C=O) groups is 2. The second-order valence-corrected chi connectivity index (χ2v) is 11.7. The fourth-order valence-corrected chi connectivity index (χ4v) is 8.47. The van der Waals surface area contributed by atoms with Gasteiger partial charge in [-0.15, -0.1) is 0 Å². The van der Waals surface area contributed by atoms with Crippen molar-refractivity contribution in [2.75, 3.05) is 6.61 Å². The van der Waals surface area contributed by atoms with E-state index in [1.807, 2.05) is 12.1 Å². The number of aliphatic hydroxyl groups excluding tert-OH is 1. The van der Waals surface area contributed by atoms with Crippen LogP contribution in [0.15, 0.2) is 76.8 Å². The first kappa shape index (κ1) is 25.4. The molecule has 5 nitrogen and oxygen atoms in total. The highest BCUT2D eigenvalue weighted by molar-refractivity contribution is 6.01. The van der Waals surface area contributed by atoms with Crippen LogP contribution >= 0.6 is 0 Å². The van der Waals surface area contributed by atoms with Crippen LogP contribution in [0, 0.1) is 28.6 Å². The number of rotatable bonds is 8. The van der Waals surface area contributed by atoms with E-state index in [0.717, 1.165) is 56.9 Å². The predicted octanol–water partition coefficient (Wildman–Crippen LogP) is 6.35. The maximum Gasteiger partial charge on any atom is 0.340 e. The number of benzene rings is 1. The molecule has 1 aromatic carbocycles. The van der Waals surface area contributed by atoms with Crippen LogP contribution in [0.5, 0.6) is 0 Å². The van der Waals surface area contributed by atoms with Gasteiger partial charge in [0.1, 0.15) is 11.5 Å². The summed E-state index contributed by atoms with van der Waals surface area (Å²) in [6, 6.07) is 10.4. The zero-order valence-corrected chi connectivity index (χ0v) is 22.5. The van der Waals surface area contributed by atoms with Gasteiger partial charge in [-0.25, -0.2) is 9.59 Å². The van der Waals surface area contributed by atoms with Crippen molar-refractivity contribution < 1.29 is 24.2 Å². The Labute approximate surface area is 225 Å². The Morgan fingerprint density at radius 2 is 1.92 bits per heavy atom. The summed E-state index contributed by atoms with van der Waals surface area (Å²) < 4.78 is 12.1. The summed E-state index contributed by atoms with van der Waals surface area (Å²) in [5.41, 5.74) is 2.20. The molecule has 0 amide bonds. The third-order valence-electron chi connectivity index (χ3n) is 9.98. The number of fused-ring (bicyclic) bond motifs is 1. The SMILES string of the molecule is CCC/C=C1\OC(=O)C2=C1CC[C@H]1[C@@H]3C=C4C(=O)OC(=C[C@H](CC)Cc5ccccc5)[C@]4(CC3)[C@@]21CCO. The number of allylic oxidation sites excluding steroid dienone is 5. The molecule has 5 atom stereocenters. The van der Waals surface area contributed by atoms with Crippen LogP contribution in [0.25, 0.3) is 0 Å². The molecule has 1 N–H and O–H groups in total. The van der Waals surface area contributed by atoms with Gasteiger partial charge >= 0.3 is 11.9 Å². The molecule has 2 bridgehead atoms. The van der Waals surface area contributed by atoms with E-state index >= 15 is 0 Å². The minimum atomic E-state index is -0.740. The molecule has 2 fully saturated rings. The Morgan fingerprint density at radius 1 is 1.11 bits per heavy atom. The topological polar surface area (TPSA) is 72.8 Å². The molecule has 1 saturated heterocycles. The Morgan fingerprint density at radius 3 is 2.66 bits per heavy atom. The molecular formula is C33H38O5. The third-order valence-corrected chi connectivity index (χ3v) is 9.98. The van der Waals surface area contributed by atoms with Gasteiger partial charge in [-0.3, -0.25) is 0 Å². The molecule has 0 unspecified atom stereocenters. The summed E-state index contributed by atoms with van der Waals surface area (Å²) in [6.07, 6.45) is 13.8. The van der Waals surface area contributed by atoms with Crippen molar-refractivity contribution in [3.05, 3.63) is 82.4 Å². The molecule has 38 heavy (non-hydrogen) atoms. The van der Waals surface area contributed by atoms with Gasteiger partial charge in [-0.05, 0) is 86.8 Å². The van der Waals surface area contributed by atoms with Crippen molar-refractivity contribution in [2.24, 2.45) is 28.6 Å². The quantitative estimate of drug-likeness (QED) is 0.409. The summed E-state index contributed by atoms with van der Waals surface area (Å²) in [6.45, 7) is 4.22. The molecule has 1 spiro atoms. The lowest BCUT2D eigenvalue weighted by atomic mass is 9.38. The number of carbonyl (C=O) groups excluding carboxylic acids is 2. The van der Waals surface area contributed by atoms with E-state index in [-0.39, 0.29) is 36.3 Å². The van der Waals surface area contributed by atoms with E-state index in [4.69, 9.17) is 9.47 Å². The van der Waals surface area contributed by atoms with Crippen LogP contribution in [0.2, 0.25) is 0 Å². The van der Waals surface area contributed by atoms with E-state index in [1.165, 1.54) is 5.56 Å². The summed E-state index contributed by atoms with van der Waals surface area (Å²) in [7, 11) is 0. The number of hydrogen-bond donors (Lipinski definition) is 1. The molecule has 1 saturated carbocycles. The highest BCUT2D eigenvalue weighted by Gasteiger charge is 2.74. The molecule has 0 aromatic heterocycles. The van der Waals surface area contributed by atoms with Gasteiger partial charge in [0.15, 0.2) is 0 Å². The Bertz CT molecular complexity index is 1270. The standard InChI is InChI=1S/C33H38O5/c1-3-5-11-27-24-12-13-25-23-14-15-32(33(25,16-17-34)29(24)31(36)37-27)26(20-23)30(35)38-28(32)19-21(4-2)18-22-9-7-6-8-10-22/h6-11,19-21,23,25,34H,3-5,12-18H2,1-2H3/b27-11-,28-19?/t21-,23+,25+,32-,33-/m1/s1. The molecule has 200 valence electrons. The Kier molecular flexibility index (Phi) is 6.46. The van der Waals surface area contributed by atoms with E-state index < -0.39 is 10.8 Å². The molecule has 6 aliphatic rings. The van der Waals surface area contributed by atoms with Gasteiger partial charge < -0.3 is 14.6 Å². The lowest BCUT2D eigenvalue weighted by Gasteiger charge is -2.62. The van der Waals surface area contributed by atoms with Crippen molar-refractivity contribution in [2.45, 2.75) is 71.6 Å². The van der Waals surface area contributed by atoms with Gasteiger partial charge in [0, 0.05) is 23.2 Å². The molecule has 1 aromatic rings. The van der Waals surface area contributed by atoms with Crippen molar-refractivity contribution in [3.63, 3.8) is 0 Å². The lowest BCUT2D eigenvalue weighted by Crippen LogP contribution is -2.60. The van der Waals surface area contributed by atoms with E-state index in [2.05, 4.69) is 50.3 Å². The summed E-state index contributed by atoms with van der Waals surface area (Å²) in [5, 5.41) is 10.5. The smallest absolute Gasteiger partial charge is 0.340 e. The number of cyclic esters (lactones) is 2. The second kappa shape index (κ2) is 9.68. The molecule has 4 aliphatic carbocycles. The molecule has 2 heterocycles. The Hall–Kier alpha value is -2.92. The highest BCUT2D eigenvalue weighted by atomic mass is 16.6. The number of aliphatic hydroxyl groups is 1. The average molecular weight is 515 g/mol. The Balaban J connectivity index is 1.54. The summed E-state index contributed by atoms with van der Waals surface area (Å²) in [5.74, 6) is 1.35. The first-order valence-electron chi connectivity index (χ1n) is 14.5. The summed E-state index contributed by atoms with van der Waals surface area (Å²) >= 11 is 0. The zero-order chi connectivity index (χ0) is 26.5. The third kappa shape index (κ3) is 3.47. The maximum atomic E-state index is 13.7. The second-order valence-electron chi connectivity index (χ2n) is 11.7. The van der Waals surface area contributed by atoms with Gasteiger partial charge in [-0.2, -0.15) is 0 Å². The van der Waals surface area contributed by atoms with Crippen LogP contribution in [-0.4, -0.2) is 23.7 Å². The van der Waals surface area contributed by atoms with Gasteiger partial charge in [-0.1, -0.05) is 56.7 Å². The fraction of sp³-hybridized carbons (Fsp3) is 0.515. The number of unbranched alkanes of at least 4 members (excludes halogenated alkanes) is 1. The van der Waals surface area contributed by atoms with Gasteiger partial charge in [0.25, 0.3) is 0 Å². The van der Waals surface area contributed by atoms with Crippen LogP contribution in [0.4, 0.5) is 0 Å². The van der Waals surface area contributed by atoms with Crippen LogP contribution in [0.3, 0.4) is 0 Å². The highest BCUT2D eigenvalue weighted by Crippen LogP contribution is 2.76. The van der Waals surface area contributed by atoms with Crippen LogP contribution in [0.1, 0.15) is 70.8 Å². The van der Waals surface area contributed by atoms with Crippen molar-refractivity contribution in [1.82, 2.24) is 0 Å². The first-order valence-corrected chi connectivity index (χ1v) is 14.5. The predicted molar refractivity (Wildman–Crippen MR) is 144 cm³/mol. The summed E-state index contributed by atoms with van der Waals surface area (Å²) in [4.78, 5) is 27.2. The molecular weight excluding hydrogens is 476 g/mol. The van der Waals surface area contributed by atoms with Crippen molar-refractivity contribution >= 4 is 11.9 Å². The number of ether oxygens (including phenoxy) is 2. The van der Waals surface area contributed by atoms with Crippen molar-refractivity contribution in [3.8, 4) is 0 Å². The van der Waals surface area contributed by atoms with Crippen molar-refractivity contribution in [1.29, 1.82) is 0 Å². The minimum absolute atomic E-state index is 0.0565. The van der Waals surface area contributed by atoms with Crippen LogP contribution in [-0.2, 0) is 25.5 Å². The molecule has 2 aliphatic heterocycles. The monoisotopic (exact) mass is 514 g/mol. The number of hydrogen-bond acceptors (Lipinski definition) is 5. The largest absolute Gasteiger partial charge is 0.427 e. The normalized spacial score (nSPS) is 34.1. The van der Waals surface area contributed by atoms with E-state index in [1.54, 1.807) is 0 Å². The zero-order valence-electron chi connectivity index (χ0n) is 22.5. The molecule has 0 radical (unpaired) electrons.